The number of nitrogen functional groups attached to an aromatic ring is 1. The first-order valence-electron chi connectivity index (χ1n) is 5.81. The van der Waals surface area contributed by atoms with Crippen LogP contribution in [0.5, 0.6) is 0 Å². The summed E-state index contributed by atoms with van der Waals surface area (Å²) in [6.07, 6.45) is 4.47. The van der Waals surface area contributed by atoms with Crippen LogP contribution in [0.1, 0.15) is 32.6 Å². The maximum atomic E-state index is 12.0. The zero-order valence-electron chi connectivity index (χ0n) is 9.90. The quantitative estimate of drug-likeness (QED) is 0.835. The first-order valence-corrected chi connectivity index (χ1v) is 8.17. The molecular formula is C11H18N2O2S2. The molecule has 0 atom stereocenters. The number of thiophene rings is 1. The molecule has 6 heteroatoms. The molecule has 1 aliphatic carbocycles. The van der Waals surface area contributed by atoms with Gasteiger partial charge in [-0.25, -0.2) is 13.1 Å². The summed E-state index contributed by atoms with van der Waals surface area (Å²) in [5.41, 5.74) is 6.27. The van der Waals surface area contributed by atoms with Gasteiger partial charge in [-0.3, -0.25) is 0 Å². The molecule has 4 nitrogen and oxygen atoms in total. The number of hydrogen-bond donors (Lipinski definition) is 2. The van der Waals surface area contributed by atoms with E-state index in [1.165, 1.54) is 17.4 Å². The van der Waals surface area contributed by atoms with Crippen molar-refractivity contribution in [1.29, 1.82) is 0 Å². The molecule has 0 saturated heterocycles. The van der Waals surface area contributed by atoms with Gasteiger partial charge in [0, 0.05) is 17.6 Å². The molecule has 0 radical (unpaired) electrons. The summed E-state index contributed by atoms with van der Waals surface area (Å²) in [6.45, 7) is 2.69. The molecule has 0 aromatic carbocycles. The van der Waals surface area contributed by atoms with E-state index in [0.717, 1.165) is 25.7 Å². The van der Waals surface area contributed by atoms with Crippen LogP contribution in [0.3, 0.4) is 0 Å². The third kappa shape index (κ3) is 3.00. The van der Waals surface area contributed by atoms with Crippen molar-refractivity contribution in [1.82, 2.24) is 4.72 Å². The maximum absolute atomic E-state index is 12.0. The molecule has 17 heavy (non-hydrogen) atoms. The molecule has 1 saturated carbocycles. The van der Waals surface area contributed by atoms with E-state index in [-0.39, 0.29) is 5.41 Å². The number of anilines is 1. The van der Waals surface area contributed by atoms with Gasteiger partial charge in [0.1, 0.15) is 4.21 Å². The van der Waals surface area contributed by atoms with E-state index in [1.807, 2.05) is 0 Å². The molecule has 96 valence electrons. The van der Waals surface area contributed by atoms with Gasteiger partial charge in [0.15, 0.2) is 0 Å². The van der Waals surface area contributed by atoms with E-state index < -0.39 is 10.0 Å². The first-order chi connectivity index (χ1) is 7.97. The van der Waals surface area contributed by atoms with Crippen molar-refractivity contribution in [3.05, 3.63) is 11.4 Å². The third-order valence-electron chi connectivity index (χ3n) is 3.24. The van der Waals surface area contributed by atoms with Crippen LogP contribution in [0.4, 0.5) is 5.69 Å². The number of rotatable bonds is 6. The molecule has 0 amide bonds. The van der Waals surface area contributed by atoms with Crippen LogP contribution < -0.4 is 10.5 Å². The minimum atomic E-state index is -3.36. The Labute approximate surface area is 106 Å². The Bertz CT molecular complexity index is 489. The lowest BCUT2D eigenvalue weighted by Gasteiger charge is -2.14. The average molecular weight is 274 g/mol. The van der Waals surface area contributed by atoms with Crippen molar-refractivity contribution in [2.75, 3.05) is 12.3 Å². The summed E-state index contributed by atoms with van der Waals surface area (Å²) in [5.74, 6) is 0. The van der Waals surface area contributed by atoms with Crippen LogP contribution in [-0.4, -0.2) is 15.0 Å². The van der Waals surface area contributed by atoms with Crippen molar-refractivity contribution < 1.29 is 8.42 Å². The molecule has 1 heterocycles. The number of sulfonamides is 1. The van der Waals surface area contributed by atoms with Crippen LogP contribution in [0.25, 0.3) is 0 Å². The summed E-state index contributed by atoms with van der Waals surface area (Å²) < 4.78 is 26.9. The van der Waals surface area contributed by atoms with Gasteiger partial charge in [0.2, 0.25) is 10.0 Å². The summed E-state index contributed by atoms with van der Waals surface area (Å²) in [5, 5.41) is 1.65. The second-order valence-corrected chi connectivity index (χ2v) is 7.68. The van der Waals surface area contributed by atoms with Crippen LogP contribution in [0.15, 0.2) is 15.7 Å². The molecule has 0 unspecified atom stereocenters. The van der Waals surface area contributed by atoms with Gasteiger partial charge < -0.3 is 5.73 Å². The maximum Gasteiger partial charge on any atom is 0.250 e. The third-order valence-corrected chi connectivity index (χ3v) is 6.09. The highest BCUT2D eigenvalue weighted by Gasteiger charge is 2.42. The Morgan fingerprint density at radius 1 is 1.53 bits per heavy atom. The molecule has 1 aromatic rings. The second-order valence-electron chi connectivity index (χ2n) is 4.77. The molecule has 0 aliphatic heterocycles. The van der Waals surface area contributed by atoms with Gasteiger partial charge in [0.05, 0.1) is 0 Å². The van der Waals surface area contributed by atoms with Gasteiger partial charge in [-0.2, -0.15) is 0 Å². The molecule has 2 rings (SSSR count). The van der Waals surface area contributed by atoms with Gasteiger partial charge in [0.25, 0.3) is 0 Å². The van der Waals surface area contributed by atoms with Crippen LogP contribution >= 0.6 is 11.3 Å². The molecular weight excluding hydrogens is 256 g/mol. The van der Waals surface area contributed by atoms with Crippen LogP contribution in [0, 0.1) is 5.41 Å². The summed E-state index contributed by atoms with van der Waals surface area (Å²) in [6, 6.07) is 1.51. The van der Waals surface area contributed by atoms with Crippen molar-refractivity contribution in [3.8, 4) is 0 Å². The fourth-order valence-electron chi connectivity index (χ4n) is 2.01. The average Bonchev–Trinajstić information content (AvgIpc) is 2.89. The number of hydrogen-bond acceptors (Lipinski definition) is 4. The Morgan fingerprint density at radius 2 is 2.24 bits per heavy atom. The lowest BCUT2D eigenvalue weighted by atomic mass is 10.0. The van der Waals surface area contributed by atoms with E-state index in [0.29, 0.717) is 16.4 Å². The zero-order valence-corrected chi connectivity index (χ0v) is 11.5. The molecule has 1 fully saturated rings. The fraction of sp³-hybridized carbons (Fsp3) is 0.636. The van der Waals surface area contributed by atoms with E-state index >= 15 is 0 Å². The van der Waals surface area contributed by atoms with Crippen molar-refractivity contribution in [2.24, 2.45) is 5.41 Å². The Balaban J connectivity index is 1.99. The van der Waals surface area contributed by atoms with E-state index in [4.69, 9.17) is 5.73 Å². The van der Waals surface area contributed by atoms with Gasteiger partial charge in [-0.1, -0.05) is 13.3 Å². The molecule has 0 bridgehead atoms. The number of nitrogens with one attached hydrogen (secondary N) is 1. The minimum absolute atomic E-state index is 0.227. The Hall–Kier alpha value is -0.590. The fourth-order valence-corrected chi connectivity index (χ4v) is 4.29. The highest BCUT2D eigenvalue weighted by molar-refractivity contribution is 7.91. The monoisotopic (exact) mass is 274 g/mol. The smallest absolute Gasteiger partial charge is 0.250 e. The van der Waals surface area contributed by atoms with Crippen molar-refractivity contribution >= 4 is 27.0 Å². The molecule has 3 N–H and O–H groups in total. The van der Waals surface area contributed by atoms with Crippen LogP contribution in [-0.2, 0) is 10.0 Å². The van der Waals surface area contributed by atoms with E-state index in [1.54, 1.807) is 5.38 Å². The highest BCUT2D eigenvalue weighted by atomic mass is 32.2. The van der Waals surface area contributed by atoms with Crippen molar-refractivity contribution in [3.63, 3.8) is 0 Å². The number of nitrogens with two attached hydrogens (primary N) is 1. The summed E-state index contributed by atoms with van der Waals surface area (Å²) in [4.78, 5) is 0. The predicted molar refractivity (Wildman–Crippen MR) is 70.5 cm³/mol. The van der Waals surface area contributed by atoms with E-state index in [9.17, 15) is 8.42 Å². The normalized spacial score (nSPS) is 18.2. The molecule has 1 aromatic heterocycles. The minimum Gasteiger partial charge on any atom is -0.398 e. The standard InChI is InChI=1S/C11H18N2O2S2/c1-2-3-11(4-5-11)8-13-17(14,15)10-6-9(12)7-16-10/h6-7,13H,2-5,8,12H2,1H3. The first kappa shape index (κ1) is 12.9. The zero-order chi connectivity index (χ0) is 12.5. The van der Waals surface area contributed by atoms with Gasteiger partial charge >= 0.3 is 0 Å². The van der Waals surface area contributed by atoms with Gasteiger partial charge in [-0.15, -0.1) is 11.3 Å². The molecule has 1 aliphatic rings. The summed E-state index contributed by atoms with van der Waals surface area (Å²) >= 11 is 1.17. The predicted octanol–water partition coefficient (Wildman–Crippen LogP) is 2.19. The lowest BCUT2D eigenvalue weighted by molar-refractivity contribution is 0.449. The topological polar surface area (TPSA) is 72.2 Å². The Morgan fingerprint density at radius 3 is 2.71 bits per heavy atom. The summed E-state index contributed by atoms with van der Waals surface area (Å²) in [7, 11) is -3.36. The Kier molecular flexibility index (Phi) is 3.47. The van der Waals surface area contributed by atoms with Crippen molar-refractivity contribution in [2.45, 2.75) is 36.8 Å². The van der Waals surface area contributed by atoms with E-state index in [2.05, 4.69) is 11.6 Å². The lowest BCUT2D eigenvalue weighted by Crippen LogP contribution is -2.29. The largest absolute Gasteiger partial charge is 0.398 e. The molecule has 0 spiro atoms. The van der Waals surface area contributed by atoms with Crippen LogP contribution in [0.2, 0.25) is 0 Å². The highest BCUT2D eigenvalue weighted by Crippen LogP contribution is 2.49. The second kappa shape index (κ2) is 4.59. The SMILES string of the molecule is CCCC1(CNS(=O)(=O)c2cc(N)cs2)CC1. The van der Waals surface area contributed by atoms with Gasteiger partial charge in [-0.05, 0) is 30.7 Å².